The number of nitrogens with one attached hydrogen (secondary N) is 1. The summed E-state index contributed by atoms with van der Waals surface area (Å²) in [5, 5.41) is 7.43. The van der Waals surface area contributed by atoms with E-state index in [4.69, 9.17) is 0 Å². The summed E-state index contributed by atoms with van der Waals surface area (Å²) in [4.78, 5) is 12.8. The molecular formula is C26H21FN4O. The second kappa shape index (κ2) is 7.81. The van der Waals surface area contributed by atoms with Crippen LogP contribution in [0.2, 0.25) is 0 Å². The summed E-state index contributed by atoms with van der Waals surface area (Å²) >= 11 is 0. The number of carbonyl (C=O) groups is 1. The fourth-order valence-corrected chi connectivity index (χ4v) is 3.74. The highest BCUT2D eigenvalue weighted by Gasteiger charge is 2.14. The van der Waals surface area contributed by atoms with Crippen molar-refractivity contribution in [2.75, 3.05) is 5.32 Å². The summed E-state index contributed by atoms with van der Waals surface area (Å²) in [6, 6.07) is 22.0. The molecule has 0 aliphatic heterocycles. The van der Waals surface area contributed by atoms with Crippen LogP contribution in [0, 0.1) is 19.7 Å². The van der Waals surface area contributed by atoms with Crippen molar-refractivity contribution in [3.63, 3.8) is 0 Å². The van der Waals surface area contributed by atoms with Crippen LogP contribution in [-0.4, -0.2) is 20.1 Å². The molecule has 0 atom stereocenters. The van der Waals surface area contributed by atoms with Crippen LogP contribution in [0.4, 0.5) is 10.1 Å². The van der Waals surface area contributed by atoms with Gasteiger partial charge in [0.15, 0.2) is 5.69 Å². The maximum absolute atomic E-state index is 13.7. The lowest BCUT2D eigenvalue weighted by atomic mass is 10.1. The van der Waals surface area contributed by atoms with Crippen molar-refractivity contribution in [2.24, 2.45) is 0 Å². The first kappa shape index (κ1) is 19.8. The molecule has 5 nitrogen and oxygen atoms in total. The number of fused-ring (bicyclic) bond motifs is 1. The molecule has 2 aromatic carbocycles. The second-order valence-electron chi connectivity index (χ2n) is 7.83. The Bertz CT molecular complexity index is 1460. The first-order valence-corrected chi connectivity index (χ1v) is 10.3. The first-order chi connectivity index (χ1) is 15.5. The van der Waals surface area contributed by atoms with Gasteiger partial charge in [-0.3, -0.25) is 4.79 Å². The SMILES string of the molecule is Cc1ccc(C)c(NC(=O)c2ccn(-c3ccc4ccc(-c5cccc(F)c5)cn34)n2)c1. The molecular weight excluding hydrogens is 403 g/mol. The number of carbonyl (C=O) groups excluding carboxylic acids is 1. The molecule has 0 spiro atoms. The third kappa shape index (κ3) is 3.67. The van der Waals surface area contributed by atoms with Crippen LogP contribution in [0.3, 0.4) is 0 Å². The predicted octanol–water partition coefficient (Wildman–Crippen LogP) is 5.80. The Morgan fingerprint density at radius 1 is 0.938 bits per heavy atom. The van der Waals surface area contributed by atoms with Gasteiger partial charge in [0.2, 0.25) is 0 Å². The number of benzene rings is 2. The summed E-state index contributed by atoms with van der Waals surface area (Å²) < 4.78 is 17.3. The van der Waals surface area contributed by atoms with Gasteiger partial charge in [-0.1, -0.05) is 30.3 Å². The Hall–Kier alpha value is -4.19. The first-order valence-electron chi connectivity index (χ1n) is 10.3. The predicted molar refractivity (Wildman–Crippen MR) is 124 cm³/mol. The van der Waals surface area contributed by atoms with Gasteiger partial charge in [-0.25, -0.2) is 9.07 Å². The highest BCUT2D eigenvalue weighted by Crippen LogP contribution is 2.24. The van der Waals surface area contributed by atoms with Crippen LogP contribution < -0.4 is 5.32 Å². The molecule has 0 saturated heterocycles. The van der Waals surface area contributed by atoms with E-state index in [9.17, 15) is 9.18 Å². The normalized spacial score (nSPS) is 11.1. The number of nitrogens with zero attached hydrogens (tertiary/aromatic N) is 3. The number of pyridine rings is 1. The van der Waals surface area contributed by atoms with Gasteiger partial charge in [-0.05, 0) is 78.6 Å². The minimum atomic E-state index is -0.276. The highest BCUT2D eigenvalue weighted by molar-refractivity contribution is 6.03. The number of hydrogen-bond acceptors (Lipinski definition) is 2. The van der Waals surface area contributed by atoms with Crippen LogP contribution >= 0.6 is 0 Å². The Morgan fingerprint density at radius 3 is 2.62 bits per heavy atom. The number of aromatic nitrogens is 3. The molecule has 0 fully saturated rings. The Morgan fingerprint density at radius 2 is 1.78 bits per heavy atom. The zero-order chi connectivity index (χ0) is 22.2. The zero-order valence-electron chi connectivity index (χ0n) is 17.7. The quantitative estimate of drug-likeness (QED) is 0.396. The standard InChI is InChI=1S/C26H21FN4O/c1-17-6-7-18(2)24(14-17)28-26(32)23-12-13-31(29-23)25-11-10-22-9-8-20(16-30(22)25)19-4-3-5-21(27)15-19/h3-16H,1-2H3,(H,28,32). The number of halogens is 1. The van der Waals surface area contributed by atoms with E-state index in [1.165, 1.54) is 12.1 Å². The molecule has 1 N–H and O–H groups in total. The van der Waals surface area contributed by atoms with E-state index in [2.05, 4.69) is 10.4 Å². The number of aryl methyl sites for hydroxylation is 2. The van der Waals surface area contributed by atoms with Crippen molar-refractivity contribution in [1.82, 2.24) is 14.2 Å². The molecule has 0 radical (unpaired) electrons. The number of amides is 1. The molecule has 3 aromatic heterocycles. The second-order valence-corrected chi connectivity index (χ2v) is 7.83. The van der Waals surface area contributed by atoms with Gasteiger partial charge in [-0.15, -0.1) is 0 Å². The average Bonchev–Trinajstić information content (AvgIpc) is 3.43. The van der Waals surface area contributed by atoms with E-state index < -0.39 is 0 Å². The number of anilines is 1. The van der Waals surface area contributed by atoms with Gasteiger partial charge in [0.25, 0.3) is 5.91 Å². The van der Waals surface area contributed by atoms with Crippen molar-refractivity contribution < 1.29 is 9.18 Å². The maximum atomic E-state index is 13.7. The topological polar surface area (TPSA) is 51.3 Å². The van der Waals surface area contributed by atoms with Gasteiger partial charge in [-0.2, -0.15) is 5.10 Å². The van der Waals surface area contributed by atoms with Crippen molar-refractivity contribution in [3.05, 3.63) is 108 Å². The zero-order valence-corrected chi connectivity index (χ0v) is 17.7. The summed E-state index contributed by atoms with van der Waals surface area (Å²) in [6.07, 6.45) is 3.70. The van der Waals surface area contributed by atoms with Gasteiger partial charge >= 0.3 is 0 Å². The third-order valence-corrected chi connectivity index (χ3v) is 5.49. The van der Waals surface area contributed by atoms with Gasteiger partial charge in [0, 0.05) is 23.6 Å². The van der Waals surface area contributed by atoms with E-state index in [-0.39, 0.29) is 11.7 Å². The summed E-state index contributed by atoms with van der Waals surface area (Å²) in [5.74, 6) is 0.240. The van der Waals surface area contributed by atoms with Crippen LogP contribution in [0.15, 0.2) is 85.2 Å². The minimum Gasteiger partial charge on any atom is -0.320 e. The Labute approximate surface area is 184 Å². The van der Waals surface area contributed by atoms with Crippen LogP contribution in [0.5, 0.6) is 0 Å². The minimum absolute atomic E-state index is 0.265. The molecule has 5 aromatic rings. The average molecular weight is 424 g/mol. The fourth-order valence-electron chi connectivity index (χ4n) is 3.74. The molecule has 0 aliphatic carbocycles. The fraction of sp³-hybridized carbons (Fsp3) is 0.0769. The Balaban J connectivity index is 1.47. The number of hydrogen-bond donors (Lipinski definition) is 1. The molecule has 0 saturated carbocycles. The molecule has 0 aliphatic rings. The monoisotopic (exact) mass is 424 g/mol. The van der Waals surface area contributed by atoms with E-state index >= 15 is 0 Å². The third-order valence-electron chi connectivity index (χ3n) is 5.49. The van der Waals surface area contributed by atoms with E-state index in [0.29, 0.717) is 5.69 Å². The lowest BCUT2D eigenvalue weighted by Crippen LogP contribution is -2.14. The summed E-state index contributed by atoms with van der Waals surface area (Å²) in [7, 11) is 0. The molecule has 0 bridgehead atoms. The Kier molecular flexibility index (Phi) is 4.82. The van der Waals surface area contributed by atoms with E-state index in [1.54, 1.807) is 23.0 Å². The van der Waals surface area contributed by atoms with Crippen LogP contribution in [0.1, 0.15) is 21.6 Å². The molecule has 1 amide bonds. The molecule has 0 unspecified atom stereocenters. The molecule has 158 valence electrons. The summed E-state index contributed by atoms with van der Waals surface area (Å²) in [5.41, 5.74) is 5.81. The molecule has 3 heterocycles. The van der Waals surface area contributed by atoms with Crippen molar-refractivity contribution in [2.45, 2.75) is 13.8 Å². The number of rotatable bonds is 4. The largest absolute Gasteiger partial charge is 0.320 e. The maximum Gasteiger partial charge on any atom is 0.276 e. The molecule has 32 heavy (non-hydrogen) atoms. The van der Waals surface area contributed by atoms with E-state index in [0.717, 1.165) is 39.3 Å². The molecule has 6 heteroatoms. The smallest absolute Gasteiger partial charge is 0.276 e. The summed E-state index contributed by atoms with van der Waals surface area (Å²) in [6.45, 7) is 3.94. The molecule has 5 rings (SSSR count). The van der Waals surface area contributed by atoms with Crippen molar-refractivity contribution >= 4 is 17.1 Å². The van der Waals surface area contributed by atoms with E-state index in [1.807, 2.05) is 73.0 Å². The highest BCUT2D eigenvalue weighted by atomic mass is 19.1. The van der Waals surface area contributed by atoms with Gasteiger partial charge in [0.05, 0.1) is 0 Å². The van der Waals surface area contributed by atoms with Crippen LogP contribution in [0.25, 0.3) is 22.5 Å². The lowest BCUT2D eigenvalue weighted by Gasteiger charge is -2.08. The van der Waals surface area contributed by atoms with Crippen molar-refractivity contribution in [1.29, 1.82) is 0 Å². The van der Waals surface area contributed by atoms with Gasteiger partial charge < -0.3 is 9.72 Å². The lowest BCUT2D eigenvalue weighted by molar-refractivity contribution is 0.102. The van der Waals surface area contributed by atoms with Crippen molar-refractivity contribution in [3.8, 4) is 16.9 Å². The van der Waals surface area contributed by atoms with Gasteiger partial charge in [0.1, 0.15) is 11.6 Å². The van der Waals surface area contributed by atoms with Crippen LogP contribution in [-0.2, 0) is 0 Å².